The molecule has 4 heteroatoms. The minimum atomic E-state index is -0.213. The predicted molar refractivity (Wildman–Crippen MR) is 75.1 cm³/mol. The number of carbonyl (C=O) groups excluding carboxylic acids is 2. The Kier molecular flexibility index (Phi) is 6.06. The maximum atomic E-state index is 11.6. The van der Waals surface area contributed by atoms with E-state index in [1.807, 2.05) is 31.2 Å². The van der Waals surface area contributed by atoms with Gasteiger partial charge in [-0.2, -0.15) is 0 Å². The highest BCUT2D eigenvalue weighted by Gasteiger charge is 2.12. The van der Waals surface area contributed by atoms with Crippen LogP contribution in [0.15, 0.2) is 24.3 Å². The predicted octanol–water partition coefficient (Wildman–Crippen LogP) is 2.69. The maximum Gasteiger partial charge on any atom is 0.305 e. The zero-order valence-corrected chi connectivity index (χ0v) is 11.8. The Hall–Kier alpha value is -1.84. The first kappa shape index (κ1) is 15.2. The van der Waals surface area contributed by atoms with E-state index in [2.05, 4.69) is 0 Å². The molecule has 0 unspecified atom stereocenters. The summed E-state index contributed by atoms with van der Waals surface area (Å²) >= 11 is 0. The summed E-state index contributed by atoms with van der Waals surface area (Å²) in [5.41, 5.74) is 2.01. The quantitative estimate of drug-likeness (QED) is 0.741. The Morgan fingerprint density at radius 3 is 2.37 bits per heavy atom. The number of hydrogen-bond acceptors (Lipinski definition) is 3. The Labute approximate surface area is 114 Å². The molecule has 0 saturated heterocycles. The molecule has 4 nitrogen and oxygen atoms in total. The van der Waals surface area contributed by atoms with Gasteiger partial charge in [0.15, 0.2) is 0 Å². The first-order valence-electron chi connectivity index (χ1n) is 6.55. The average molecular weight is 263 g/mol. The van der Waals surface area contributed by atoms with E-state index in [-0.39, 0.29) is 11.9 Å². The van der Waals surface area contributed by atoms with Gasteiger partial charge in [-0.1, -0.05) is 17.7 Å². The third-order valence-electron chi connectivity index (χ3n) is 2.79. The van der Waals surface area contributed by atoms with Crippen LogP contribution in [0.25, 0.3) is 0 Å². The van der Waals surface area contributed by atoms with E-state index in [1.54, 1.807) is 11.8 Å². The molecule has 0 bridgehead atoms. The van der Waals surface area contributed by atoms with Crippen molar-refractivity contribution in [2.24, 2.45) is 0 Å². The van der Waals surface area contributed by atoms with Crippen LogP contribution in [0.2, 0.25) is 0 Å². The van der Waals surface area contributed by atoms with Gasteiger partial charge in [0, 0.05) is 25.6 Å². The van der Waals surface area contributed by atoms with Gasteiger partial charge in [-0.25, -0.2) is 0 Å². The Bertz CT molecular complexity index is 426. The van der Waals surface area contributed by atoms with Crippen LogP contribution < -0.4 is 4.90 Å². The highest BCUT2D eigenvalue weighted by molar-refractivity contribution is 5.91. The van der Waals surface area contributed by atoms with Gasteiger partial charge in [0.1, 0.15) is 0 Å². The van der Waals surface area contributed by atoms with E-state index < -0.39 is 0 Å². The van der Waals surface area contributed by atoms with Crippen molar-refractivity contribution in [2.45, 2.75) is 33.6 Å². The molecule has 0 fully saturated rings. The molecule has 0 aliphatic heterocycles. The van der Waals surface area contributed by atoms with Gasteiger partial charge in [0.25, 0.3) is 0 Å². The summed E-state index contributed by atoms with van der Waals surface area (Å²) in [4.78, 5) is 24.6. The molecule has 0 aliphatic rings. The van der Waals surface area contributed by atoms with E-state index in [0.29, 0.717) is 26.0 Å². The Balaban J connectivity index is 2.57. The number of nitrogens with zero attached hydrogens (tertiary/aromatic N) is 1. The van der Waals surface area contributed by atoms with Gasteiger partial charge >= 0.3 is 5.97 Å². The fraction of sp³-hybridized carbons (Fsp3) is 0.467. The van der Waals surface area contributed by atoms with Gasteiger partial charge in [-0.3, -0.25) is 9.59 Å². The molecule has 0 aliphatic carbocycles. The van der Waals surface area contributed by atoms with Gasteiger partial charge in [-0.15, -0.1) is 0 Å². The molecule has 0 aromatic heterocycles. The molecule has 1 rings (SSSR count). The van der Waals surface area contributed by atoms with Gasteiger partial charge in [0.2, 0.25) is 5.91 Å². The number of benzene rings is 1. The van der Waals surface area contributed by atoms with Crippen LogP contribution in [-0.4, -0.2) is 25.0 Å². The highest BCUT2D eigenvalue weighted by atomic mass is 16.5. The van der Waals surface area contributed by atoms with E-state index >= 15 is 0 Å². The molecule has 0 spiro atoms. The van der Waals surface area contributed by atoms with E-state index in [4.69, 9.17) is 4.74 Å². The number of anilines is 1. The zero-order chi connectivity index (χ0) is 14.3. The molecule has 1 amide bonds. The number of ether oxygens (including phenoxy) is 1. The monoisotopic (exact) mass is 263 g/mol. The number of amides is 1. The molecule has 0 heterocycles. The first-order valence-corrected chi connectivity index (χ1v) is 6.55. The molecule has 0 radical (unpaired) electrons. The van der Waals surface area contributed by atoms with Gasteiger partial charge in [-0.05, 0) is 32.4 Å². The lowest BCUT2D eigenvalue weighted by atomic mass is 10.2. The lowest BCUT2D eigenvalue weighted by Gasteiger charge is -2.21. The van der Waals surface area contributed by atoms with Gasteiger partial charge < -0.3 is 9.64 Å². The van der Waals surface area contributed by atoms with E-state index in [9.17, 15) is 9.59 Å². The van der Waals surface area contributed by atoms with Crippen LogP contribution in [-0.2, 0) is 14.3 Å². The smallest absolute Gasteiger partial charge is 0.305 e. The maximum absolute atomic E-state index is 11.6. The van der Waals surface area contributed by atoms with Crippen molar-refractivity contribution in [3.05, 3.63) is 29.8 Å². The average Bonchev–Trinajstić information content (AvgIpc) is 2.36. The molecule has 1 aromatic rings. The normalized spacial score (nSPS) is 10.1. The lowest BCUT2D eigenvalue weighted by Crippen LogP contribution is -2.29. The standard InChI is InChI=1S/C15H21NO3/c1-4-19-15(18)6-5-11-16(13(3)17)14-9-7-12(2)8-10-14/h7-10H,4-6,11H2,1-3H3. The second kappa shape index (κ2) is 7.56. The van der Waals surface area contributed by atoms with E-state index in [0.717, 1.165) is 11.3 Å². The first-order chi connectivity index (χ1) is 9.04. The minimum Gasteiger partial charge on any atom is -0.466 e. The molecular weight excluding hydrogens is 242 g/mol. The molecular formula is C15H21NO3. The Morgan fingerprint density at radius 1 is 1.21 bits per heavy atom. The summed E-state index contributed by atoms with van der Waals surface area (Å²) in [7, 11) is 0. The van der Waals surface area contributed by atoms with Gasteiger partial charge in [0.05, 0.1) is 6.61 Å². The third-order valence-corrected chi connectivity index (χ3v) is 2.79. The summed E-state index contributed by atoms with van der Waals surface area (Å²) in [5.74, 6) is -0.234. The summed E-state index contributed by atoms with van der Waals surface area (Å²) < 4.78 is 4.86. The van der Waals surface area contributed by atoms with Crippen LogP contribution in [0.5, 0.6) is 0 Å². The number of rotatable bonds is 6. The number of hydrogen-bond donors (Lipinski definition) is 0. The van der Waals surface area contributed by atoms with Crippen molar-refractivity contribution in [1.82, 2.24) is 0 Å². The van der Waals surface area contributed by atoms with Crippen LogP contribution in [0, 0.1) is 6.92 Å². The van der Waals surface area contributed by atoms with Crippen LogP contribution in [0.1, 0.15) is 32.3 Å². The fourth-order valence-corrected chi connectivity index (χ4v) is 1.81. The van der Waals surface area contributed by atoms with Crippen LogP contribution in [0.3, 0.4) is 0 Å². The highest BCUT2D eigenvalue weighted by Crippen LogP contribution is 2.16. The minimum absolute atomic E-state index is 0.0206. The Morgan fingerprint density at radius 2 is 1.84 bits per heavy atom. The summed E-state index contributed by atoms with van der Waals surface area (Å²) in [6.45, 7) is 6.24. The molecule has 104 valence electrons. The topological polar surface area (TPSA) is 46.6 Å². The second-order valence-electron chi connectivity index (χ2n) is 4.41. The lowest BCUT2D eigenvalue weighted by molar-refractivity contribution is -0.143. The SMILES string of the molecule is CCOC(=O)CCCN(C(C)=O)c1ccc(C)cc1. The van der Waals surface area contributed by atoms with Crippen LogP contribution in [0.4, 0.5) is 5.69 Å². The van der Waals surface area contributed by atoms with Crippen molar-refractivity contribution in [2.75, 3.05) is 18.1 Å². The van der Waals surface area contributed by atoms with E-state index in [1.165, 1.54) is 6.92 Å². The van der Waals surface area contributed by atoms with Crippen molar-refractivity contribution < 1.29 is 14.3 Å². The number of aryl methyl sites for hydroxylation is 1. The summed E-state index contributed by atoms with van der Waals surface area (Å²) in [5, 5.41) is 0. The van der Waals surface area contributed by atoms with Crippen molar-refractivity contribution in [3.8, 4) is 0 Å². The van der Waals surface area contributed by atoms with Crippen molar-refractivity contribution in [1.29, 1.82) is 0 Å². The van der Waals surface area contributed by atoms with Crippen LogP contribution >= 0.6 is 0 Å². The van der Waals surface area contributed by atoms with Crippen molar-refractivity contribution in [3.63, 3.8) is 0 Å². The largest absolute Gasteiger partial charge is 0.466 e. The third kappa shape index (κ3) is 5.12. The van der Waals surface area contributed by atoms with Crippen molar-refractivity contribution >= 4 is 17.6 Å². The second-order valence-corrected chi connectivity index (χ2v) is 4.41. The number of esters is 1. The molecule has 0 saturated carbocycles. The zero-order valence-electron chi connectivity index (χ0n) is 11.8. The molecule has 0 N–H and O–H groups in total. The fourth-order valence-electron chi connectivity index (χ4n) is 1.81. The summed E-state index contributed by atoms with van der Waals surface area (Å²) in [6, 6.07) is 7.77. The molecule has 0 atom stereocenters. The summed E-state index contributed by atoms with van der Waals surface area (Å²) in [6.07, 6.45) is 0.940. The molecule has 19 heavy (non-hydrogen) atoms. The molecule has 1 aromatic carbocycles. The number of carbonyl (C=O) groups is 2.